The monoisotopic (exact) mass is 528 g/mol. The second kappa shape index (κ2) is 9.63. The maximum absolute atomic E-state index is 14.1. The lowest BCUT2D eigenvalue weighted by Gasteiger charge is -2.36. The molecule has 4 amide bonds. The Labute approximate surface area is 224 Å². The second-order valence-electron chi connectivity index (χ2n) is 9.37. The Kier molecular flexibility index (Phi) is 6.13. The van der Waals surface area contributed by atoms with E-state index in [1.54, 1.807) is 42.3 Å². The number of para-hydroxylation sites is 2. The van der Waals surface area contributed by atoms with Crippen LogP contribution in [0.4, 0.5) is 10.5 Å². The number of hydrogen-bond acceptors (Lipinski definition) is 4. The first-order valence-electron chi connectivity index (χ1n) is 12.4. The van der Waals surface area contributed by atoms with Gasteiger partial charge in [0.15, 0.2) is 0 Å². The van der Waals surface area contributed by atoms with Crippen molar-refractivity contribution in [2.45, 2.75) is 18.5 Å². The van der Waals surface area contributed by atoms with E-state index in [0.717, 1.165) is 32.6 Å². The number of carbonyl (C=O) groups excluding carboxylic acids is 3. The number of hydrogen-bond donors (Lipinski definition) is 2. The molecular formula is C29H25ClN4O4. The van der Waals surface area contributed by atoms with Gasteiger partial charge in [-0.05, 0) is 41.5 Å². The van der Waals surface area contributed by atoms with Crippen LogP contribution in [0.2, 0.25) is 5.02 Å². The van der Waals surface area contributed by atoms with Crippen LogP contribution in [0.25, 0.3) is 10.9 Å². The van der Waals surface area contributed by atoms with Gasteiger partial charge in [0.2, 0.25) is 0 Å². The number of amides is 4. The number of fused-ring (bicyclic) bond motifs is 4. The number of aromatic amines is 1. The highest BCUT2D eigenvalue weighted by Gasteiger charge is 2.53. The van der Waals surface area contributed by atoms with Gasteiger partial charge in [-0.3, -0.25) is 14.5 Å². The van der Waals surface area contributed by atoms with E-state index in [0.29, 0.717) is 24.6 Å². The molecule has 3 aromatic carbocycles. The fourth-order valence-electron chi connectivity index (χ4n) is 5.54. The summed E-state index contributed by atoms with van der Waals surface area (Å²) in [5.41, 5.74) is 4.10. The summed E-state index contributed by atoms with van der Waals surface area (Å²) in [4.78, 5) is 47.3. The molecule has 2 aliphatic rings. The fourth-order valence-corrected chi connectivity index (χ4v) is 5.74. The molecule has 1 fully saturated rings. The van der Waals surface area contributed by atoms with Gasteiger partial charge in [0.25, 0.3) is 11.8 Å². The molecule has 0 saturated carbocycles. The van der Waals surface area contributed by atoms with Gasteiger partial charge in [-0.25, -0.2) is 9.69 Å². The Morgan fingerprint density at radius 2 is 1.87 bits per heavy atom. The Morgan fingerprint density at radius 1 is 1.08 bits per heavy atom. The number of ether oxygens (including phenoxy) is 1. The lowest BCUT2D eigenvalue weighted by Crippen LogP contribution is -2.44. The van der Waals surface area contributed by atoms with E-state index in [2.05, 4.69) is 10.3 Å². The first-order chi connectivity index (χ1) is 18.5. The molecule has 0 radical (unpaired) electrons. The molecular weight excluding hydrogens is 504 g/mol. The molecule has 1 aromatic heterocycles. The van der Waals surface area contributed by atoms with Gasteiger partial charge in [-0.2, -0.15) is 0 Å². The number of urea groups is 1. The summed E-state index contributed by atoms with van der Waals surface area (Å²) < 4.78 is 5.02. The smallest absolute Gasteiger partial charge is 0.332 e. The highest BCUT2D eigenvalue weighted by atomic mass is 35.5. The highest BCUT2D eigenvalue weighted by molar-refractivity contribution is 6.30. The van der Waals surface area contributed by atoms with E-state index < -0.39 is 18.1 Å². The van der Waals surface area contributed by atoms with Crippen LogP contribution in [0.1, 0.15) is 33.2 Å². The van der Waals surface area contributed by atoms with E-state index in [4.69, 9.17) is 16.3 Å². The van der Waals surface area contributed by atoms with Gasteiger partial charge in [0.05, 0.1) is 17.9 Å². The average molecular weight is 529 g/mol. The van der Waals surface area contributed by atoms with Gasteiger partial charge >= 0.3 is 6.03 Å². The molecule has 6 rings (SSSR count). The van der Waals surface area contributed by atoms with Crippen molar-refractivity contribution in [3.05, 3.63) is 100 Å². The van der Waals surface area contributed by atoms with E-state index in [9.17, 15) is 14.4 Å². The molecule has 8 nitrogen and oxygen atoms in total. The number of rotatable bonds is 6. The Balaban J connectivity index is 1.46. The number of H-pyrrole nitrogens is 1. The lowest BCUT2D eigenvalue weighted by molar-refractivity contribution is -0.120. The van der Waals surface area contributed by atoms with Crippen LogP contribution in [-0.2, 0) is 16.0 Å². The number of benzene rings is 3. The van der Waals surface area contributed by atoms with Crippen molar-refractivity contribution in [2.24, 2.45) is 0 Å². The summed E-state index contributed by atoms with van der Waals surface area (Å²) in [6.45, 7) is 0.650. The molecule has 0 unspecified atom stereocenters. The van der Waals surface area contributed by atoms with Gasteiger partial charge < -0.3 is 15.0 Å². The normalized spacial score (nSPS) is 18.6. The molecule has 38 heavy (non-hydrogen) atoms. The van der Waals surface area contributed by atoms with Crippen molar-refractivity contribution >= 4 is 46.0 Å². The summed E-state index contributed by atoms with van der Waals surface area (Å²) in [7, 11) is 1.55. The molecule has 0 spiro atoms. The van der Waals surface area contributed by atoms with Crippen LogP contribution >= 0.6 is 11.6 Å². The summed E-state index contributed by atoms with van der Waals surface area (Å²) in [5.74, 6) is -0.749. The fraction of sp³-hybridized carbons (Fsp3) is 0.207. The minimum Gasteiger partial charge on any atom is -0.383 e. The maximum atomic E-state index is 14.1. The van der Waals surface area contributed by atoms with Crippen LogP contribution in [0, 0.1) is 0 Å². The van der Waals surface area contributed by atoms with Crippen molar-refractivity contribution in [1.82, 2.24) is 15.2 Å². The first kappa shape index (κ1) is 24.2. The topological polar surface area (TPSA) is 94.7 Å². The third-order valence-corrected chi connectivity index (χ3v) is 7.43. The number of imide groups is 1. The number of nitrogens with one attached hydrogen (secondary N) is 2. The molecule has 4 aromatic rings. The minimum absolute atomic E-state index is 0.244. The number of halogens is 1. The standard InChI is InChI=1S/C29H25ClN4O4/c1-38-14-13-31-27(35)20-10-3-5-12-23(20)34-28(36)24-16-21-19-9-2-4-11-22(19)32-25(21)26(33(24)29(34)37)17-7-6-8-18(30)15-17/h2-12,15,24,26,32H,13-14,16H2,1H3,(H,31,35)/t24-,26-/m0/s1. The summed E-state index contributed by atoms with van der Waals surface area (Å²) in [6, 6.07) is 20.2. The molecule has 3 heterocycles. The molecule has 9 heteroatoms. The predicted octanol–water partition coefficient (Wildman–Crippen LogP) is 4.68. The zero-order valence-electron chi connectivity index (χ0n) is 20.6. The zero-order valence-corrected chi connectivity index (χ0v) is 21.4. The van der Waals surface area contributed by atoms with Crippen molar-refractivity contribution in [1.29, 1.82) is 0 Å². The Morgan fingerprint density at radius 3 is 2.68 bits per heavy atom. The first-order valence-corrected chi connectivity index (χ1v) is 12.7. The van der Waals surface area contributed by atoms with Crippen molar-refractivity contribution in [2.75, 3.05) is 25.2 Å². The van der Waals surface area contributed by atoms with Crippen LogP contribution in [0.3, 0.4) is 0 Å². The zero-order chi connectivity index (χ0) is 26.4. The third kappa shape index (κ3) is 3.84. The van der Waals surface area contributed by atoms with Gasteiger partial charge in [0.1, 0.15) is 12.1 Å². The summed E-state index contributed by atoms with van der Waals surface area (Å²) in [5, 5.41) is 4.34. The molecule has 0 aliphatic carbocycles. The van der Waals surface area contributed by atoms with Crippen LogP contribution in [-0.4, -0.2) is 54.0 Å². The second-order valence-corrected chi connectivity index (χ2v) is 9.81. The Bertz CT molecular complexity index is 1580. The quantitative estimate of drug-likeness (QED) is 0.280. The van der Waals surface area contributed by atoms with Gasteiger partial charge in [-0.15, -0.1) is 0 Å². The van der Waals surface area contributed by atoms with E-state index in [-0.39, 0.29) is 23.1 Å². The SMILES string of the molecule is COCCNC(=O)c1ccccc1N1C(=O)[C@@H]2Cc3c([nH]c4ccccc34)[C@H](c3cccc(Cl)c3)N2C1=O. The number of nitrogens with zero attached hydrogens (tertiary/aromatic N) is 2. The number of anilines is 1. The maximum Gasteiger partial charge on any atom is 0.332 e. The average Bonchev–Trinajstić information content (AvgIpc) is 3.42. The van der Waals surface area contributed by atoms with Crippen molar-refractivity contribution < 1.29 is 19.1 Å². The van der Waals surface area contributed by atoms with Crippen molar-refractivity contribution in [3.8, 4) is 0 Å². The van der Waals surface area contributed by atoms with Crippen LogP contribution < -0.4 is 10.2 Å². The van der Waals surface area contributed by atoms with Crippen LogP contribution in [0.5, 0.6) is 0 Å². The molecule has 2 N–H and O–H groups in total. The molecule has 0 bridgehead atoms. The molecule has 1 saturated heterocycles. The molecule has 2 aliphatic heterocycles. The predicted molar refractivity (Wildman–Crippen MR) is 144 cm³/mol. The van der Waals surface area contributed by atoms with E-state index in [1.807, 2.05) is 42.5 Å². The molecule has 192 valence electrons. The summed E-state index contributed by atoms with van der Waals surface area (Å²) >= 11 is 6.37. The summed E-state index contributed by atoms with van der Waals surface area (Å²) in [6.07, 6.45) is 0.361. The van der Waals surface area contributed by atoms with Crippen molar-refractivity contribution in [3.63, 3.8) is 0 Å². The third-order valence-electron chi connectivity index (χ3n) is 7.19. The number of aromatic nitrogens is 1. The Hall–Kier alpha value is -4.14. The largest absolute Gasteiger partial charge is 0.383 e. The van der Waals surface area contributed by atoms with Gasteiger partial charge in [0, 0.05) is 41.7 Å². The number of carbonyl (C=O) groups is 3. The molecule has 2 atom stereocenters. The van der Waals surface area contributed by atoms with Crippen LogP contribution in [0.15, 0.2) is 72.8 Å². The van der Waals surface area contributed by atoms with Gasteiger partial charge in [-0.1, -0.05) is 54.1 Å². The minimum atomic E-state index is -0.734. The number of methoxy groups -OCH3 is 1. The lowest BCUT2D eigenvalue weighted by atomic mass is 9.89. The van der Waals surface area contributed by atoms with E-state index in [1.165, 1.54) is 0 Å². The van der Waals surface area contributed by atoms with E-state index >= 15 is 0 Å². The highest BCUT2D eigenvalue weighted by Crippen LogP contribution is 2.45.